The predicted molar refractivity (Wildman–Crippen MR) is 88.1 cm³/mol. The quantitative estimate of drug-likeness (QED) is 0.803. The van der Waals surface area contributed by atoms with Crippen LogP contribution in [-0.2, 0) is 0 Å². The van der Waals surface area contributed by atoms with Gasteiger partial charge < -0.3 is 19.1 Å². The summed E-state index contributed by atoms with van der Waals surface area (Å²) < 4.78 is 8.23. The highest BCUT2D eigenvalue weighted by atomic mass is 16.5. The summed E-state index contributed by atoms with van der Waals surface area (Å²) in [6.45, 7) is 6.85. The van der Waals surface area contributed by atoms with Crippen LogP contribution >= 0.6 is 0 Å². The second-order valence-corrected chi connectivity index (χ2v) is 6.35. The molecule has 2 aromatic rings. The van der Waals surface area contributed by atoms with Gasteiger partial charge in [-0.1, -0.05) is 0 Å². The fourth-order valence-electron chi connectivity index (χ4n) is 3.42. The van der Waals surface area contributed by atoms with Crippen LogP contribution in [0, 0.1) is 0 Å². The fraction of sp³-hybridized carbons (Fsp3) is 0.471. The second-order valence-electron chi connectivity index (χ2n) is 6.35. The van der Waals surface area contributed by atoms with E-state index in [1.165, 1.54) is 0 Å². The minimum Gasteiger partial charge on any atom is -0.487 e. The molecule has 0 unspecified atom stereocenters. The highest BCUT2D eigenvalue weighted by Gasteiger charge is 2.25. The summed E-state index contributed by atoms with van der Waals surface area (Å²) in [5, 5.41) is 0.752. The van der Waals surface area contributed by atoms with E-state index in [1.54, 1.807) is 6.07 Å². The van der Waals surface area contributed by atoms with Crippen LogP contribution in [0.5, 0.6) is 5.75 Å². The molecule has 0 amide bonds. The standard InChI is InChI=1S/C17H21N3O2/c1-12-11-22-17-14(19-9-7-18(2)8-10-19)4-3-13-15(21)5-6-20(12)16(13)17/h3-6,12H,7-11H2,1-2H3/t12-/m1/s1. The van der Waals surface area contributed by atoms with Crippen molar-refractivity contribution in [1.82, 2.24) is 9.47 Å². The molecule has 1 aromatic heterocycles. The lowest BCUT2D eigenvalue weighted by Gasteiger charge is -2.36. The fourth-order valence-corrected chi connectivity index (χ4v) is 3.42. The first-order chi connectivity index (χ1) is 10.6. The lowest BCUT2D eigenvalue weighted by atomic mass is 10.1. The van der Waals surface area contributed by atoms with E-state index in [1.807, 2.05) is 18.3 Å². The van der Waals surface area contributed by atoms with Crippen LogP contribution in [0.4, 0.5) is 5.69 Å². The number of pyridine rings is 1. The summed E-state index contributed by atoms with van der Waals surface area (Å²) in [4.78, 5) is 16.9. The summed E-state index contributed by atoms with van der Waals surface area (Å²) in [5.41, 5.74) is 2.13. The number of anilines is 1. The minimum absolute atomic E-state index is 0.0649. The van der Waals surface area contributed by atoms with E-state index in [-0.39, 0.29) is 11.5 Å². The second kappa shape index (κ2) is 5.02. The van der Waals surface area contributed by atoms with Crippen molar-refractivity contribution in [1.29, 1.82) is 0 Å². The lowest BCUT2D eigenvalue weighted by molar-refractivity contribution is 0.246. The molecule has 0 aliphatic carbocycles. The maximum Gasteiger partial charge on any atom is 0.189 e. The van der Waals surface area contributed by atoms with Gasteiger partial charge in [0.2, 0.25) is 0 Å². The molecule has 2 aliphatic heterocycles. The SMILES string of the molecule is C[C@@H]1COc2c(N3CCN(C)CC3)ccc3c(=O)ccn1c23. The number of rotatable bonds is 1. The minimum atomic E-state index is 0.0649. The Labute approximate surface area is 129 Å². The van der Waals surface area contributed by atoms with Gasteiger partial charge in [0, 0.05) is 43.8 Å². The Bertz CT molecular complexity index is 775. The number of benzene rings is 1. The first-order valence-corrected chi connectivity index (χ1v) is 7.89. The molecule has 4 rings (SSSR count). The molecule has 2 aliphatic rings. The molecule has 1 aromatic carbocycles. The van der Waals surface area contributed by atoms with Gasteiger partial charge in [0.25, 0.3) is 0 Å². The lowest BCUT2D eigenvalue weighted by Crippen LogP contribution is -2.44. The van der Waals surface area contributed by atoms with Crippen molar-refractivity contribution in [2.24, 2.45) is 0 Å². The molecule has 0 radical (unpaired) electrons. The van der Waals surface area contributed by atoms with Crippen molar-refractivity contribution in [2.75, 3.05) is 44.7 Å². The van der Waals surface area contributed by atoms with Crippen molar-refractivity contribution in [3.63, 3.8) is 0 Å². The predicted octanol–water partition coefficient (Wildman–Crippen LogP) is 1.71. The van der Waals surface area contributed by atoms with Crippen LogP contribution in [0.2, 0.25) is 0 Å². The van der Waals surface area contributed by atoms with Crippen molar-refractivity contribution in [2.45, 2.75) is 13.0 Å². The number of likely N-dealkylation sites (N-methyl/N-ethyl adjacent to an activating group) is 1. The van der Waals surface area contributed by atoms with E-state index in [4.69, 9.17) is 4.74 Å². The molecule has 1 atom stereocenters. The van der Waals surface area contributed by atoms with Gasteiger partial charge in [-0.15, -0.1) is 0 Å². The average molecular weight is 299 g/mol. The normalized spacial score (nSPS) is 21.9. The summed E-state index contributed by atoms with van der Waals surface area (Å²) in [6, 6.07) is 5.90. The molecular formula is C17H21N3O2. The van der Waals surface area contributed by atoms with Crippen LogP contribution < -0.4 is 15.1 Å². The number of nitrogens with zero attached hydrogens (tertiary/aromatic N) is 3. The molecule has 22 heavy (non-hydrogen) atoms. The number of ether oxygens (including phenoxy) is 1. The zero-order valence-electron chi connectivity index (χ0n) is 13.1. The summed E-state index contributed by atoms with van der Waals surface area (Å²) in [7, 11) is 2.15. The third-order valence-corrected chi connectivity index (χ3v) is 4.81. The van der Waals surface area contributed by atoms with E-state index in [0.717, 1.165) is 48.5 Å². The molecular weight excluding hydrogens is 278 g/mol. The zero-order chi connectivity index (χ0) is 15.3. The number of piperazine rings is 1. The Morgan fingerprint density at radius 3 is 2.68 bits per heavy atom. The van der Waals surface area contributed by atoms with Crippen molar-refractivity contribution in [3.8, 4) is 5.75 Å². The van der Waals surface area contributed by atoms with Gasteiger partial charge in [0.05, 0.1) is 17.2 Å². The summed E-state index contributed by atoms with van der Waals surface area (Å²) >= 11 is 0. The molecule has 5 heteroatoms. The average Bonchev–Trinajstić information content (AvgIpc) is 2.53. The third-order valence-electron chi connectivity index (χ3n) is 4.81. The molecule has 0 saturated carbocycles. The Morgan fingerprint density at radius 2 is 1.91 bits per heavy atom. The van der Waals surface area contributed by atoms with Crippen molar-refractivity contribution >= 4 is 16.6 Å². The first-order valence-electron chi connectivity index (χ1n) is 7.89. The highest BCUT2D eigenvalue weighted by molar-refractivity contribution is 5.91. The maximum absolute atomic E-state index is 12.2. The summed E-state index contributed by atoms with van der Waals surface area (Å²) in [5.74, 6) is 0.873. The van der Waals surface area contributed by atoms with Gasteiger partial charge in [-0.3, -0.25) is 4.79 Å². The van der Waals surface area contributed by atoms with Crippen molar-refractivity contribution < 1.29 is 4.74 Å². The van der Waals surface area contributed by atoms with Gasteiger partial charge in [-0.25, -0.2) is 0 Å². The van der Waals surface area contributed by atoms with E-state index < -0.39 is 0 Å². The smallest absolute Gasteiger partial charge is 0.189 e. The van der Waals surface area contributed by atoms with Crippen molar-refractivity contribution in [3.05, 3.63) is 34.6 Å². The maximum atomic E-state index is 12.2. The van der Waals surface area contributed by atoms with E-state index >= 15 is 0 Å². The van der Waals surface area contributed by atoms with Gasteiger partial charge in [0.1, 0.15) is 6.61 Å². The molecule has 1 saturated heterocycles. The molecule has 0 bridgehead atoms. The topological polar surface area (TPSA) is 37.7 Å². The molecule has 1 fully saturated rings. The number of hydrogen-bond donors (Lipinski definition) is 0. The largest absolute Gasteiger partial charge is 0.487 e. The van der Waals surface area contributed by atoms with E-state index in [9.17, 15) is 4.79 Å². The molecule has 5 nitrogen and oxygen atoms in total. The van der Waals surface area contributed by atoms with Crippen LogP contribution in [0.3, 0.4) is 0 Å². The van der Waals surface area contributed by atoms with Crippen LogP contribution in [0.25, 0.3) is 10.9 Å². The molecule has 3 heterocycles. The van der Waals surface area contributed by atoms with Crippen LogP contribution in [-0.4, -0.2) is 49.3 Å². The molecule has 116 valence electrons. The Morgan fingerprint density at radius 1 is 1.14 bits per heavy atom. The zero-order valence-corrected chi connectivity index (χ0v) is 13.1. The van der Waals surface area contributed by atoms with Gasteiger partial charge in [0.15, 0.2) is 11.2 Å². The van der Waals surface area contributed by atoms with Crippen LogP contribution in [0.1, 0.15) is 13.0 Å². The van der Waals surface area contributed by atoms with E-state index in [2.05, 4.69) is 28.3 Å². The first kappa shape index (κ1) is 13.6. The Balaban J connectivity index is 1.90. The molecule has 0 N–H and O–H groups in total. The third kappa shape index (κ3) is 2.00. The molecule has 0 spiro atoms. The Kier molecular flexibility index (Phi) is 3.11. The highest BCUT2D eigenvalue weighted by Crippen LogP contribution is 2.39. The number of hydrogen-bond acceptors (Lipinski definition) is 4. The van der Waals surface area contributed by atoms with Crippen LogP contribution in [0.15, 0.2) is 29.2 Å². The van der Waals surface area contributed by atoms with Gasteiger partial charge in [-0.05, 0) is 26.1 Å². The Hall–Kier alpha value is -2.01. The van der Waals surface area contributed by atoms with Gasteiger partial charge >= 0.3 is 0 Å². The monoisotopic (exact) mass is 299 g/mol. The number of aromatic nitrogens is 1. The van der Waals surface area contributed by atoms with E-state index in [0.29, 0.717) is 6.61 Å². The summed E-state index contributed by atoms with van der Waals surface area (Å²) in [6.07, 6.45) is 1.90. The van der Waals surface area contributed by atoms with Gasteiger partial charge in [-0.2, -0.15) is 0 Å².